The summed E-state index contributed by atoms with van der Waals surface area (Å²) in [5, 5.41) is 0. The summed E-state index contributed by atoms with van der Waals surface area (Å²) in [4.78, 5) is 4.37. The van der Waals surface area contributed by atoms with Crippen molar-refractivity contribution in [2.24, 2.45) is 10.7 Å². The Bertz CT molecular complexity index is 401. The average Bonchev–Trinajstić information content (AvgIpc) is 2.64. The zero-order valence-electron chi connectivity index (χ0n) is 13.3. The van der Waals surface area contributed by atoms with Crippen molar-refractivity contribution in [2.45, 2.75) is 45.0 Å². The fourth-order valence-electron chi connectivity index (χ4n) is 2.08. The van der Waals surface area contributed by atoms with E-state index < -0.39 is 7.12 Å². The molecule has 2 N–H and O–H groups in total. The molecule has 2 heterocycles. The minimum Gasteiger partial charge on any atom is -0.405 e. The number of hydrogen-bond donors (Lipinski definition) is 1. The Kier molecular flexibility index (Phi) is 5.09. The highest BCUT2D eigenvalue weighted by atomic mass is 16.7. The molecule has 0 aromatic carbocycles. The van der Waals surface area contributed by atoms with Crippen LogP contribution in [0.1, 0.15) is 27.7 Å². The molecule has 0 saturated carbocycles. The second kappa shape index (κ2) is 6.48. The molecule has 2 aliphatic heterocycles. The lowest BCUT2D eigenvalue weighted by Crippen LogP contribution is -2.41. The summed E-state index contributed by atoms with van der Waals surface area (Å²) >= 11 is 0. The monoisotopic (exact) mass is 296 g/mol. The van der Waals surface area contributed by atoms with Gasteiger partial charge in [-0.2, -0.15) is 0 Å². The molecule has 1 unspecified atom stereocenters. The lowest BCUT2D eigenvalue weighted by molar-refractivity contribution is -0.0832. The van der Waals surface area contributed by atoms with E-state index in [1.54, 1.807) is 6.21 Å². The van der Waals surface area contributed by atoms with Gasteiger partial charge in [-0.25, -0.2) is 0 Å². The first kappa shape index (κ1) is 16.5. The van der Waals surface area contributed by atoms with Crippen molar-refractivity contribution >= 4 is 13.3 Å². The minimum absolute atomic E-state index is 0.00678. The standard InChI is InChI=1S/C14H25BN2O4/c1-13(2)14(3,4)21-15(20-13)11(7-16)8-17-9-12-10-18-5-6-19-12/h7-8,12H,5-6,9-10,16H2,1-4H3/b11-7+,17-8?. The van der Waals surface area contributed by atoms with E-state index in [4.69, 9.17) is 24.5 Å². The van der Waals surface area contributed by atoms with Crippen LogP contribution >= 0.6 is 0 Å². The SMILES string of the molecule is CC1(C)OB(/C(C=NCC2COCCO2)=C/N)OC1(C)C. The lowest BCUT2D eigenvalue weighted by atomic mass is 9.79. The molecule has 118 valence electrons. The van der Waals surface area contributed by atoms with Gasteiger partial charge in [-0.05, 0) is 33.9 Å². The highest BCUT2D eigenvalue weighted by Gasteiger charge is 2.52. The van der Waals surface area contributed by atoms with Gasteiger partial charge in [0, 0.05) is 11.7 Å². The van der Waals surface area contributed by atoms with Crippen molar-refractivity contribution < 1.29 is 18.8 Å². The molecule has 1 atom stereocenters. The molecule has 0 aromatic heterocycles. The van der Waals surface area contributed by atoms with Crippen molar-refractivity contribution in [3.63, 3.8) is 0 Å². The number of nitrogens with zero attached hydrogens (tertiary/aromatic N) is 1. The van der Waals surface area contributed by atoms with Gasteiger partial charge in [-0.3, -0.25) is 4.99 Å². The summed E-state index contributed by atoms with van der Waals surface area (Å²) in [6.45, 7) is 10.4. The Balaban J connectivity index is 1.92. The van der Waals surface area contributed by atoms with E-state index in [1.807, 2.05) is 27.7 Å². The Hall–Kier alpha value is -0.885. The van der Waals surface area contributed by atoms with Crippen LogP contribution in [0.3, 0.4) is 0 Å². The van der Waals surface area contributed by atoms with Gasteiger partial charge in [0.15, 0.2) is 0 Å². The number of ether oxygens (including phenoxy) is 2. The summed E-state index contributed by atoms with van der Waals surface area (Å²) < 4.78 is 22.7. The molecule has 21 heavy (non-hydrogen) atoms. The van der Waals surface area contributed by atoms with Gasteiger partial charge >= 0.3 is 7.12 Å². The Morgan fingerprint density at radius 2 is 1.90 bits per heavy atom. The highest BCUT2D eigenvalue weighted by molar-refractivity contribution is 6.60. The zero-order chi connectivity index (χ0) is 15.5. The Morgan fingerprint density at radius 1 is 1.24 bits per heavy atom. The first-order valence-corrected chi connectivity index (χ1v) is 7.32. The third-order valence-electron chi connectivity index (χ3n) is 4.15. The fourth-order valence-corrected chi connectivity index (χ4v) is 2.08. The molecule has 0 bridgehead atoms. The molecule has 7 heteroatoms. The Morgan fingerprint density at radius 3 is 2.43 bits per heavy atom. The molecule has 2 rings (SSSR count). The van der Waals surface area contributed by atoms with Crippen LogP contribution in [0.5, 0.6) is 0 Å². The summed E-state index contributed by atoms with van der Waals surface area (Å²) in [5.74, 6) is 0. The molecule has 2 saturated heterocycles. The molecule has 0 aliphatic carbocycles. The molecule has 0 spiro atoms. The van der Waals surface area contributed by atoms with Crippen molar-refractivity contribution in [1.82, 2.24) is 0 Å². The highest BCUT2D eigenvalue weighted by Crippen LogP contribution is 2.38. The van der Waals surface area contributed by atoms with Crippen LogP contribution in [-0.4, -0.2) is 57.0 Å². The molecule has 0 aromatic rings. The number of allylic oxidation sites excluding steroid dienone is 1. The lowest BCUT2D eigenvalue weighted by Gasteiger charge is -2.32. The van der Waals surface area contributed by atoms with Crippen LogP contribution in [-0.2, 0) is 18.8 Å². The zero-order valence-corrected chi connectivity index (χ0v) is 13.3. The first-order valence-electron chi connectivity index (χ1n) is 7.32. The summed E-state index contributed by atoms with van der Waals surface area (Å²) in [5.41, 5.74) is 5.62. The minimum atomic E-state index is -0.493. The third kappa shape index (κ3) is 3.85. The van der Waals surface area contributed by atoms with Gasteiger partial charge in [0.1, 0.15) is 6.10 Å². The number of aliphatic imine (C=N–C) groups is 1. The average molecular weight is 296 g/mol. The predicted molar refractivity (Wildman–Crippen MR) is 82.3 cm³/mol. The summed E-state index contributed by atoms with van der Waals surface area (Å²) in [7, 11) is -0.493. The smallest absolute Gasteiger partial charge is 0.405 e. The van der Waals surface area contributed by atoms with E-state index in [0.29, 0.717) is 31.8 Å². The van der Waals surface area contributed by atoms with Crippen molar-refractivity contribution in [2.75, 3.05) is 26.4 Å². The topological polar surface area (TPSA) is 75.3 Å². The number of rotatable bonds is 4. The molecular weight excluding hydrogens is 271 g/mol. The molecular formula is C14H25BN2O4. The quantitative estimate of drug-likeness (QED) is 0.617. The van der Waals surface area contributed by atoms with E-state index in [2.05, 4.69) is 4.99 Å². The normalized spacial score (nSPS) is 29.2. The van der Waals surface area contributed by atoms with E-state index in [9.17, 15) is 0 Å². The van der Waals surface area contributed by atoms with E-state index in [1.165, 1.54) is 6.20 Å². The van der Waals surface area contributed by atoms with Gasteiger partial charge in [-0.15, -0.1) is 0 Å². The number of hydrogen-bond acceptors (Lipinski definition) is 6. The van der Waals surface area contributed by atoms with Crippen molar-refractivity contribution in [3.8, 4) is 0 Å². The van der Waals surface area contributed by atoms with E-state index >= 15 is 0 Å². The second-order valence-electron chi connectivity index (χ2n) is 6.32. The maximum absolute atomic E-state index is 5.94. The van der Waals surface area contributed by atoms with E-state index in [0.717, 1.165) is 0 Å². The second-order valence-corrected chi connectivity index (χ2v) is 6.32. The third-order valence-corrected chi connectivity index (χ3v) is 4.15. The summed E-state index contributed by atoms with van der Waals surface area (Å²) in [6.07, 6.45) is 3.18. The molecule has 6 nitrogen and oxygen atoms in total. The van der Waals surface area contributed by atoms with Crippen LogP contribution in [0.2, 0.25) is 0 Å². The fraction of sp³-hybridized carbons (Fsp3) is 0.786. The summed E-state index contributed by atoms with van der Waals surface area (Å²) in [6, 6.07) is 0. The van der Waals surface area contributed by atoms with Gasteiger partial charge in [0.2, 0.25) is 0 Å². The van der Waals surface area contributed by atoms with Gasteiger partial charge < -0.3 is 24.5 Å². The molecule has 2 aliphatic rings. The Labute approximate surface area is 126 Å². The van der Waals surface area contributed by atoms with Gasteiger partial charge in [-0.1, -0.05) is 0 Å². The maximum atomic E-state index is 5.94. The first-order chi connectivity index (χ1) is 9.86. The van der Waals surface area contributed by atoms with Crippen LogP contribution in [0, 0.1) is 0 Å². The van der Waals surface area contributed by atoms with Crippen LogP contribution in [0.25, 0.3) is 0 Å². The van der Waals surface area contributed by atoms with Crippen LogP contribution in [0.15, 0.2) is 16.7 Å². The van der Waals surface area contributed by atoms with Gasteiger partial charge in [0.25, 0.3) is 0 Å². The van der Waals surface area contributed by atoms with Crippen molar-refractivity contribution in [1.29, 1.82) is 0 Å². The van der Waals surface area contributed by atoms with Crippen molar-refractivity contribution in [3.05, 3.63) is 11.7 Å². The maximum Gasteiger partial charge on any atom is 0.497 e. The largest absolute Gasteiger partial charge is 0.497 e. The van der Waals surface area contributed by atoms with E-state index in [-0.39, 0.29) is 17.3 Å². The molecule has 2 fully saturated rings. The van der Waals surface area contributed by atoms with Crippen LogP contribution in [0.4, 0.5) is 0 Å². The predicted octanol–water partition coefficient (Wildman–Crippen LogP) is 0.947. The van der Waals surface area contributed by atoms with Crippen LogP contribution < -0.4 is 5.73 Å². The number of nitrogens with two attached hydrogens (primary N) is 1. The molecule has 0 radical (unpaired) electrons. The molecule has 0 amide bonds. The van der Waals surface area contributed by atoms with Gasteiger partial charge in [0.05, 0.1) is 37.6 Å².